The summed E-state index contributed by atoms with van der Waals surface area (Å²) in [5.41, 5.74) is 1.49. The van der Waals surface area contributed by atoms with Crippen molar-refractivity contribution in [3.63, 3.8) is 0 Å². The molecule has 0 saturated carbocycles. The molecule has 0 aliphatic carbocycles. The molecular formula is C32H44ClN3O4S. The number of hydrogen-bond donors (Lipinski definition) is 1. The number of thioether (sulfide) groups is 1. The molecule has 9 heteroatoms. The van der Waals surface area contributed by atoms with Crippen LogP contribution in [-0.2, 0) is 14.4 Å². The maximum Gasteiger partial charge on any atom is 0.251 e. The maximum atomic E-state index is 14.8. The number of rotatable bonds is 14. The average molecular weight is 602 g/mol. The highest BCUT2D eigenvalue weighted by molar-refractivity contribution is 8.02. The van der Waals surface area contributed by atoms with Crippen molar-refractivity contribution in [2.24, 2.45) is 11.8 Å². The first-order valence-electron chi connectivity index (χ1n) is 14.8. The first kappa shape index (κ1) is 31.6. The van der Waals surface area contributed by atoms with Crippen LogP contribution in [-0.4, -0.2) is 80.9 Å². The van der Waals surface area contributed by atoms with Gasteiger partial charge in [-0.1, -0.05) is 42.8 Å². The molecule has 5 atom stereocenters. The number of hydrogen-bond acceptors (Lipinski definition) is 5. The van der Waals surface area contributed by atoms with Crippen LogP contribution < -0.4 is 4.90 Å². The standard InChI is InChI=1S/C32H44ClN3O4S/c1-6-17-34(18-7-2)28(38)24-25-29(39)36(20-10-9-11-21-37)27(32(25)16-15-31(24,5)41-32)30(40)35(19-8-3)26-22(4)13-12-14-23(26)33/h6,8,12-14,24-25,27,37H,1,3,7,9-11,15-21H2,2,4-5H3/t24-,25-,27?,31+,32?/m0/s1. The highest BCUT2D eigenvalue weighted by Crippen LogP contribution is 2.71. The van der Waals surface area contributed by atoms with E-state index >= 15 is 0 Å². The Morgan fingerprint density at radius 2 is 1.90 bits per heavy atom. The molecule has 3 amide bonds. The molecular weight excluding hydrogens is 558 g/mol. The van der Waals surface area contributed by atoms with Crippen molar-refractivity contribution in [3.05, 3.63) is 54.1 Å². The fourth-order valence-corrected chi connectivity index (χ4v) is 10.0. The Labute approximate surface area is 254 Å². The summed E-state index contributed by atoms with van der Waals surface area (Å²) in [6.07, 6.45) is 7.74. The summed E-state index contributed by atoms with van der Waals surface area (Å²) in [7, 11) is 0. The van der Waals surface area contributed by atoms with Crippen LogP contribution in [0, 0.1) is 18.8 Å². The first-order valence-corrected chi connectivity index (χ1v) is 16.0. The van der Waals surface area contributed by atoms with Crippen molar-refractivity contribution in [1.29, 1.82) is 0 Å². The topological polar surface area (TPSA) is 81.2 Å². The number of anilines is 1. The Balaban J connectivity index is 1.80. The van der Waals surface area contributed by atoms with E-state index in [0.29, 0.717) is 49.6 Å². The van der Waals surface area contributed by atoms with E-state index in [1.807, 2.05) is 30.9 Å². The number of unbranched alkanes of at least 4 members (excludes halogenated alkanes) is 2. The molecule has 1 aromatic carbocycles. The van der Waals surface area contributed by atoms with Crippen LogP contribution in [0.1, 0.15) is 57.9 Å². The molecule has 7 nitrogen and oxygen atoms in total. The third-order valence-electron chi connectivity index (χ3n) is 9.02. The lowest BCUT2D eigenvalue weighted by atomic mass is 9.66. The summed E-state index contributed by atoms with van der Waals surface area (Å²) in [4.78, 5) is 48.7. The molecule has 0 aromatic heterocycles. The number of carbonyl (C=O) groups excluding carboxylic acids is 3. The number of aliphatic hydroxyl groups excluding tert-OH is 1. The molecule has 1 N–H and O–H groups in total. The number of aliphatic hydroxyl groups is 1. The second-order valence-corrected chi connectivity index (χ2v) is 14.1. The van der Waals surface area contributed by atoms with Crippen LogP contribution in [0.15, 0.2) is 43.5 Å². The van der Waals surface area contributed by atoms with Gasteiger partial charge in [-0.05, 0) is 64.0 Å². The lowest BCUT2D eigenvalue weighted by molar-refractivity contribution is -0.145. The molecule has 2 unspecified atom stereocenters. The molecule has 224 valence electrons. The first-order chi connectivity index (χ1) is 19.6. The number of benzene rings is 1. The Morgan fingerprint density at radius 1 is 1.17 bits per heavy atom. The summed E-state index contributed by atoms with van der Waals surface area (Å²) in [6.45, 7) is 15.6. The molecule has 41 heavy (non-hydrogen) atoms. The third-order valence-corrected chi connectivity index (χ3v) is 11.3. The van der Waals surface area contributed by atoms with Gasteiger partial charge in [-0.15, -0.1) is 24.9 Å². The smallest absolute Gasteiger partial charge is 0.251 e. The minimum Gasteiger partial charge on any atom is -0.396 e. The number of nitrogens with zero attached hydrogens (tertiary/aromatic N) is 3. The van der Waals surface area contributed by atoms with Gasteiger partial charge in [0.25, 0.3) is 5.91 Å². The van der Waals surface area contributed by atoms with Gasteiger partial charge in [-0.25, -0.2) is 0 Å². The van der Waals surface area contributed by atoms with Crippen molar-refractivity contribution in [2.45, 2.75) is 74.8 Å². The van der Waals surface area contributed by atoms with Crippen molar-refractivity contribution in [1.82, 2.24) is 9.80 Å². The minimum atomic E-state index is -0.728. The third kappa shape index (κ3) is 5.48. The molecule has 3 aliphatic rings. The second-order valence-electron chi connectivity index (χ2n) is 11.8. The summed E-state index contributed by atoms with van der Waals surface area (Å²) in [6, 6.07) is 4.82. The van der Waals surface area contributed by atoms with Gasteiger partial charge in [0.2, 0.25) is 11.8 Å². The summed E-state index contributed by atoms with van der Waals surface area (Å²) >= 11 is 8.35. The number of likely N-dealkylation sites (tertiary alicyclic amines) is 1. The predicted octanol–water partition coefficient (Wildman–Crippen LogP) is 5.24. The Morgan fingerprint density at radius 3 is 2.54 bits per heavy atom. The van der Waals surface area contributed by atoms with E-state index in [1.54, 1.807) is 39.8 Å². The molecule has 2 bridgehead atoms. The van der Waals surface area contributed by atoms with Gasteiger partial charge >= 0.3 is 0 Å². The number of fused-ring (bicyclic) bond motifs is 1. The summed E-state index contributed by atoms with van der Waals surface area (Å²) in [5.74, 6) is -1.38. The molecule has 3 aliphatic heterocycles. The second kappa shape index (κ2) is 12.9. The van der Waals surface area contributed by atoms with E-state index in [0.717, 1.165) is 24.8 Å². The van der Waals surface area contributed by atoms with Crippen molar-refractivity contribution >= 4 is 46.8 Å². The zero-order valence-corrected chi connectivity index (χ0v) is 26.2. The van der Waals surface area contributed by atoms with Crippen LogP contribution in [0.25, 0.3) is 0 Å². The quantitative estimate of drug-likeness (QED) is 0.233. The molecule has 4 rings (SSSR count). The van der Waals surface area contributed by atoms with Crippen LogP contribution in [0.3, 0.4) is 0 Å². The number of para-hydroxylation sites is 1. The largest absolute Gasteiger partial charge is 0.396 e. The predicted molar refractivity (Wildman–Crippen MR) is 167 cm³/mol. The van der Waals surface area contributed by atoms with Crippen molar-refractivity contribution < 1.29 is 19.5 Å². The number of aryl methyl sites for hydroxylation is 1. The average Bonchev–Trinajstić information content (AvgIpc) is 3.50. The van der Waals surface area contributed by atoms with E-state index in [1.165, 1.54) is 0 Å². The van der Waals surface area contributed by atoms with Crippen LogP contribution in [0.4, 0.5) is 5.69 Å². The highest BCUT2D eigenvalue weighted by Gasteiger charge is 2.77. The van der Waals surface area contributed by atoms with Gasteiger partial charge in [0.05, 0.1) is 27.3 Å². The van der Waals surface area contributed by atoms with Gasteiger partial charge in [0.15, 0.2) is 0 Å². The van der Waals surface area contributed by atoms with Gasteiger partial charge in [0.1, 0.15) is 6.04 Å². The van der Waals surface area contributed by atoms with Gasteiger partial charge in [0, 0.05) is 37.5 Å². The monoisotopic (exact) mass is 601 g/mol. The van der Waals surface area contributed by atoms with E-state index in [2.05, 4.69) is 20.1 Å². The van der Waals surface area contributed by atoms with Gasteiger partial charge < -0.3 is 19.8 Å². The molecule has 0 radical (unpaired) electrons. The van der Waals surface area contributed by atoms with Gasteiger partial charge in [-0.2, -0.15) is 0 Å². The lowest BCUT2D eigenvalue weighted by Gasteiger charge is -2.38. The van der Waals surface area contributed by atoms with Crippen LogP contribution >= 0.6 is 23.4 Å². The fourth-order valence-electron chi connectivity index (χ4n) is 7.34. The van der Waals surface area contributed by atoms with E-state index in [9.17, 15) is 19.5 Å². The molecule has 1 spiro atoms. The summed E-state index contributed by atoms with van der Waals surface area (Å²) in [5, 5.41) is 9.79. The maximum absolute atomic E-state index is 14.8. The normalized spacial score (nSPS) is 28.1. The van der Waals surface area contributed by atoms with E-state index < -0.39 is 27.4 Å². The van der Waals surface area contributed by atoms with Gasteiger partial charge in [-0.3, -0.25) is 14.4 Å². The zero-order valence-electron chi connectivity index (χ0n) is 24.6. The molecule has 3 heterocycles. The van der Waals surface area contributed by atoms with Crippen molar-refractivity contribution in [3.8, 4) is 0 Å². The van der Waals surface area contributed by atoms with E-state index in [4.69, 9.17) is 11.6 Å². The fraction of sp³-hybridized carbons (Fsp3) is 0.594. The Kier molecular flexibility index (Phi) is 9.97. The van der Waals surface area contributed by atoms with Crippen LogP contribution in [0.2, 0.25) is 5.02 Å². The van der Waals surface area contributed by atoms with E-state index in [-0.39, 0.29) is 30.9 Å². The number of carbonyl (C=O) groups is 3. The molecule has 3 fully saturated rings. The Bertz CT molecular complexity index is 1170. The SMILES string of the molecule is C=CCN(CCC)C(=O)[C@@H]1[C@H]2C(=O)N(CCCCCO)C(C(=O)N(CC=C)c3c(C)cccc3Cl)C23CC[C@@]1(C)S3. The minimum absolute atomic E-state index is 0.0140. The van der Waals surface area contributed by atoms with Crippen molar-refractivity contribution in [2.75, 3.05) is 37.7 Å². The zero-order chi connectivity index (χ0) is 29.9. The summed E-state index contributed by atoms with van der Waals surface area (Å²) < 4.78 is -1.14. The number of halogens is 1. The number of amides is 3. The molecule has 1 aromatic rings. The molecule has 3 saturated heterocycles. The Hall–Kier alpha value is -2.29. The highest BCUT2D eigenvalue weighted by atomic mass is 35.5. The lowest BCUT2D eigenvalue weighted by Crippen LogP contribution is -2.55. The van der Waals surface area contributed by atoms with Crippen LogP contribution in [0.5, 0.6) is 0 Å².